The maximum atomic E-state index is 4.40. The van der Waals surface area contributed by atoms with E-state index in [1.54, 1.807) is 6.08 Å². The number of hydrogen-bond donors (Lipinski definition) is 2. The Morgan fingerprint density at radius 3 is 2.35 bits per heavy atom. The van der Waals surface area contributed by atoms with E-state index in [9.17, 15) is 0 Å². The molecule has 0 amide bonds. The lowest BCUT2D eigenvalue weighted by molar-refractivity contribution is 1.08. The SMILES string of the molecule is C=C/C=C(\C=C/C)c1nc(Nc2ccccc2)n[nH]1.CC.CC. The zero-order chi connectivity index (χ0) is 17.5. The Morgan fingerprint density at radius 1 is 1.13 bits per heavy atom. The fourth-order valence-electron chi connectivity index (χ4n) is 1.62. The molecule has 1 aromatic carbocycles. The summed E-state index contributed by atoms with van der Waals surface area (Å²) in [4.78, 5) is 4.40. The molecule has 23 heavy (non-hydrogen) atoms. The van der Waals surface area contributed by atoms with Gasteiger partial charge in [-0.2, -0.15) is 4.98 Å². The van der Waals surface area contributed by atoms with Crippen molar-refractivity contribution in [2.75, 3.05) is 5.32 Å². The molecule has 2 rings (SSSR count). The van der Waals surface area contributed by atoms with E-state index >= 15 is 0 Å². The van der Waals surface area contributed by atoms with Crippen molar-refractivity contribution in [3.63, 3.8) is 0 Å². The highest BCUT2D eigenvalue weighted by Crippen LogP contribution is 2.16. The number of nitrogens with one attached hydrogen (secondary N) is 2. The predicted octanol–water partition coefficient (Wildman–Crippen LogP) is 5.75. The Kier molecular flexibility index (Phi) is 11.6. The van der Waals surface area contributed by atoms with Gasteiger partial charge in [0.15, 0.2) is 5.82 Å². The van der Waals surface area contributed by atoms with Crippen LogP contribution in [0.5, 0.6) is 0 Å². The molecule has 0 saturated heterocycles. The monoisotopic (exact) mass is 312 g/mol. The molecule has 124 valence electrons. The Bertz CT molecular complexity index is 595. The standard InChI is InChI=1S/C15H16N4.2C2H6/c1-3-8-12(9-4-2)14-17-15(19-18-14)16-13-10-6-5-7-11-13;2*1-2/h3-11H,1H2,2H3,(H2,16,17,18,19);2*1-2H3/b9-4-,12-8+;;. The first-order valence-corrected chi connectivity index (χ1v) is 8.03. The van der Waals surface area contributed by atoms with Crippen LogP contribution in [-0.2, 0) is 0 Å². The van der Waals surface area contributed by atoms with Gasteiger partial charge in [0.1, 0.15) is 0 Å². The average molecular weight is 312 g/mol. The van der Waals surface area contributed by atoms with Crippen molar-refractivity contribution in [1.29, 1.82) is 0 Å². The average Bonchev–Trinajstić information content (AvgIpc) is 3.07. The molecule has 0 aliphatic carbocycles. The van der Waals surface area contributed by atoms with Crippen LogP contribution in [0.4, 0.5) is 11.6 Å². The van der Waals surface area contributed by atoms with Crippen molar-refractivity contribution in [2.24, 2.45) is 0 Å². The molecule has 1 heterocycles. The number of anilines is 2. The Balaban J connectivity index is 0.00000112. The van der Waals surface area contributed by atoms with Gasteiger partial charge in [-0.25, -0.2) is 0 Å². The molecule has 0 fully saturated rings. The highest BCUT2D eigenvalue weighted by atomic mass is 15.3. The molecule has 1 aromatic heterocycles. The zero-order valence-electron chi connectivity index (χ0n) is 14.8. The molecule has 2 N–H and O–H groups in total. The summed E-state index contributed by atoms with van der Waals surface area (Å²) >= 11 is 0. The van der Waals surface area contributed by atoms with Crippen LogP contribution in [0.3, 0.4) is 0 Å². The van der Waals surface area contributed by atoms with Gasteiger partial charge in [0.25, 0.3) is 0 Å². The number of H-pyrrole nitrogens is 1. The molecule has 0 radical (unpaired) electrons. The minimum atomic E-state index is 0.542. The Morgan fingerprint density at radius 2 is 1.78 bits per heavy atom. The number of hydrogen-bond acceptors (Lipinski definition) is 3. The van der Waals surface area contributed by atoms with Gasteiger partial charge < -0.3 is 5.32 Å². The number of aromatic nitrogens is 3. The number of allylic oxidation sites excluding steroid dienone is 5. The number of benzene rings is 1. The van der Waals surface area contributed by atoms with Gasteiger partial charge >= 0.3 is 0 Å². The van der Waals surface area contributed by atoms with Crippen LogP contribution >= 0.6 is 0 Å². The number of para-hydroxylation sites is 1. The molecule has 0 aliphatic heterocycles. The summed E-state index contributed by atoms with van der Waals surface area (Å²) in [5, 5.41) is 10.2. The first kappa shape index (κ1) is 20.4. The van der Waals surface area contributed by atoms with Gasteiger partial charge in [0, 0.05) is 11.3 Å². The summed E-state index contributed by atoms with van der Waals surface area (Å²) in [6.07, 6.45) is 7.51. The lowest BCUT2D eigenvalue weighted by Gasteiger charge is -1.99. The lowest BCUT2D eigenvalue weighted by Crippen LogP contribution is -1.91. The number of nitrogens with zero attached hydrogens (tertiary/aromatic N) is 2. The Hall–Kier alpha value is -2.62. The molecule has 0 saturated carbocycles. The molecule has 4 heteroatoms. The highest BCUT2D eigenvalue weighted by molar-refractivity contribution is 5.71. The maximum absolute atomic E-state index is 4.40. The zero-order valence-corrected chi connectivity index (χ0v) is 14.8. The van der Waals surface area contributed by atoms with E-state index in [0.717, 1.165) is 11.3 Å². The van der Waals surface area contributed by atoms with E-state index in [1.165, 1.54) is 0 Å². The smallest absolute Gasteiger partial charge is 0.246 e. The fourth-order valence-corrected chi connectivity index (χ4v) is 1.62. The first-order chi connectivity index (χ1) is 11.3. The predicted molar refractivity (Wildman–Crippen MR) is 102 cm³/mol. The minimum Gasteiger partial charge on any atom is -0.323 e. The third kappa shape index (κ3) is 7.27. The molecule has 4 nitrogen and oxygen atoms in total. The van der Waals surface area contributed by atoms with Crippen molar-refractivity contribution in [3.8, 4) is 0 Å². The third-order valence-corrected chi connectivity index (χ3v) is 2.43. The van der Waals surface area contributed by atoms with E-state index < -0.39 is 0 Å². The number of rotatable bonds is 5. The second-order valence-electron chi connectivity index (χ2n) is 3.86. The first-order valence-electron chi connectivity index (χ1n) is 8.03. The van der Waals surface area contributed by atoms with Crippen LogP contribution in [-0.4, -0.2) is 15.2 Å². The molecule has 0 unspecified atom stereocenters. The van der Waals surface area contributed by atoms with E-state index in [-0.39, 0.29) is 0 Å². The summed E-state index contributed by atoms with van der Waals surface area (Å²) in [6, 6.07) is 9.80. The van der Waals surface area contributed by atoms with Gasteiger partial charge in [0.2, 0.25) is 5.95 Å². The molecular formula is C19H28N4. The molecule has 0 aliphatic rings. The van der Waals surface area contributed by atoms with Gasteiger partial charge in [-0.15, -0.1) is 5.10 Å². The summed E-state index contributed by atoms with van der Waals surface area (Å²) in [5.41, 5.74) is 1.89. The largest absolute Gasteiger partial charge is 0.323 e. The topological polar surface area (TPSA) is 53.6 Å². The second kappa shape index (κ2) is 13.1. The van der Waals surface area contributed by atoms with Crippen LogP contribution in [0.15, 0.2) is 61.2 Å². The van der Waals surface area contributed by atoms with E-state index in [0.29, 0.717) is 11.8 Å². The molecule has 0 bridgehead atoms. The van der Waals surface area contributed by atoms with Crippen LogP contribution in [0, 0.1) is 0 Å². The molecular weight excluding hydrogens is 284 g/mol. The summed E-state index contributed by atoms with van der Waals surface area (Å²) in [7, 11) is 0. The summed E-state index contributed by atoms with van der Waals surface area (Å²) < 4.78 is 0. The van der Waals surface area contributed by atoms with E-state index in [4.69, 9.17) is 0 Å². The molecule has 0 spiro atoms. The van der Waals surface area contributed by atoms with Crippen LogP contribution in [0.25, 0.3) is 5.57 Å². The lowest BCUT2D eigenvalue weighted by atomic mass is 10.2. The van der Waals surface area contributed by atoms with Crippen LogP contribution < -0.4 is 5.32 Å². The van der Waals surface area contributed by atoms with Gasteiger partial charge in [-0.05, 0) is 19.1 Å². The van der Waals surface area contributed by atoms with Crippen LogP contribution in [0.1, 0.15) is 40.4 Å². The normalized spacial score (nSPS) is 10.2. The summed E-state index contributed by atoms with van der Waals surface area (Å²) in [6.45, 7) is 13.6. The van der Waals surface area contributed by atoms with E-state index in [1.807, 2.05) is 83.2 Å². The van der Waals surface area contributed by atoms with Crippen LogP contribution in [0.2, 0.25) is 0 Å². The van der Waals surface area contributed by atoms with Crippen molar-refractivity contribution in [2.45, 2.75) is 34.6 Å². The van der Waals surface area contributed by atoms with E-state index in [2.05, 4.69) is 27.1 Å². The quantitative estimate of drug-likeness (QED) is 0.691. The molecule has 0 atom stereocenters. The van der Waals surface area contributed by atoms with Crippen molar-refractivity contribution < 1.29 is 0 Å². The minimum absolute atomic E-state index is 0.542. The summed E-state index contributed by atoms with van der Waals surface area (Å²) in [5.74, 6) is 1.25. The maximum Gasteiger partial charge on any atom is 0.246 e. The third-order valence-electron chi connectivity index (χ3n) is 2.43. The van der Waals surface area contributed by atoms with Crippen molar-refractivity contribution in [3.05, 3.63) is 67.0 Å². The van der Waals surface area contributed by atoms with Gasteiger partial charge in [0.05, 0.1) is 0 Å². The second-order valence-corrected chi connectivity index (χ2v) is 3.86. The van der Waals surface area contributed by atoms with Gasteiger partial charge in [-0.3, -0.25) is 5.10 Å². The van der Waals surface area contributed by atoms with Crippen molar-refractivity contribution in [1.82, 2.24) is 15.2 Å². The molecule has 2 aromatic rings. The van der Waals surface area contributed by atoms with Gasteiger partial charge in [-0.1, -0.05) is 76.8 Å². The van der Waals surface area contributed by atoms with Crippen molar-refractivity contribution >= 4 is 17.2 Å². The highest BCUT2D eigenvalue weighted by Gasteiger charge is 2.05. The Labute approximate surface area is 140 Å². The fraction of sp³-hybridized carbons (Fsp3) is 0.263. The number of aromatic amines is 1.